The number of likely N-dealkylation sites (tertiary alicyclic amines) is 1. The van der Waals surface area contributed by atoms with Crippen LogP contribution < -0.4 is 14.2 Å². The monoisotopic (exact) mass is 446 g/mol. The van der Waals surface area contributed by atoms with Gasteiger partial charge in [0.2, 0.25) is 11.6 Å². The van der Waals surface area contributed by atoms with Crippen molar-refractivity contribution in [2.45, 2.75) is 25.4 Å². The number of aromatic nitrogens is 3. The third kappa shape index (κ3) is 3.98. The highest BCUT2D eigenvalue weighted by molar-refractivity contribution is 5.92. The highest BCUT2D eigenvalue weighted by atomic mass is 16.5. The summed E-state index contributed by atoms with van der Waals surface area (Å²) in [6.45, 7) is 1.64. The minimum absolute atomic E-state index is 0.0420. The zero-order valence-corrected chi connectivity index (χ0v) is 18.9. The van der Waals surface area contributed by atoms with Crippen LogP contribution in [0.5, 0.6) is 17.2 Å². The van der Waals surface area contributed by atoms with E-state index in [9.17, 15) is 0 Å². The minimum Gasteiger partial charge on any atom is -0.493 e. The van der Waals surface area contributed by atoms with Gasteiger partial charge in [-0.25, -0.2) is 0 Å². The molecule has 0 aliphatic carbocycles. The lowest BCUT2D eigenvalue weighted by molar-refractivity contribution is 0.215. The van der Waals surface area contributed by atoms with Gasteiger partial charge in [0.05, 0.1) is 27.4 Å². The fourth-order valence-electron chi connectivity index (χ4n) is 4.51. The zero-order chi connectivity index (χ0) is 22.8. The van der Waals surface area contributed by atoms with Crippen LogP contribution in [0, 0.1) is 0 Å². The Hall–Kier alpha value is -3.65. The highest BCUT2D eigenvalue weighted by Crippen LogP contribution is 2.40. The number of pyridine rings is 1. The SMILES string of the molecule is COc1cc(CN2CCCC2c2nnc(-c3nccc4ccccc34)o2)cc(OC)c1OC. The second-order valence-corrected chi connectivity index (χ2v) is 7.99. The Kier molecular flexibility index (Phi) is 5.83. The van der Waals surface area contributed by atoms with Crippen LogP contribution in [0.15, 0.2) is 53.1 Å². The summed E-state index contributed by atoms with van der Waals surface area (Å²) in [5.41, 5.74) is 1.77. The van der Waals surface area contributed by atoms with Crippen molar-refractivity contribution in [3.05, 3.63) is 60.1 Å². The van der Waals surface area contributed by atoms with Crippen LogP contribution in [0.1, 0.15) is 30.3 Å². The largest absolute Gasteiger partial charge is 0.493 e. The zero-order valence-electron chi connectivity index (χ0n) is 18.9. The van der Waals surface area contributed by atoms with E-state index in [1.54, 1.807) is 27.5 Å². The lowest BCUT2D eigenvalue weighted by atomic mass is 10.1. The standard InChI is InChI=1S/C25H26N4O4/c1-30-20-13-16(14-21(31-2)23(20)32-3)15-29-12-6-9-19(29)24-27-28-25(33-24)22-18-8-5-4-7-17(18)10-11-26-22/h4-5,7-8,10-11,13-14,19H,6,9,12,15H2,1-3H3. The lowest BCUT2D eigenvalue weighted by Crippen LogP contribution is -2.23. The van der Waals surface area contributed by atoms with Crippen molar-refractivity contribution in [3.63, 3.8) is 0 Å². The van der Waals surface area contributed by atoms with Gasteiger partial charge in [0, 0.05) is 18.1 Å². The second-order valence-electron chi connectivity index (χ2n) is 7.99. The van der Waals surface area contributed by atoms with E-state index in [1.807, 2.05) is 42.5 Å². The van der Waals surface area contributed by atoms with Gasteiger partial charge in [0.1, 0.15) is 5.69 Å². The van der Waals surface area contributed by atoms with E-state index in [4.69, 9.17) is 18.6 Å². The predicted molar refractivity (Wildman–Crippen MR) is 124 cm³/mol. The summed E-state index contributed by atoms with van der Waals surface area (Å²) in [4.78, 5) is 6.85. The van der Waals surface area contributed by atoms with Gasteiger partial charge in [0.15, 0.2) is 11.5 Å². The van der Waals surface area contributed by atoms with Crippen molar-refractivity contribution in [2.24, 2.45) is 0 Å². The van der Waals surface area contributed by atoms with Gasteiger partial charge in [-0.15, -0.1) is 10.2 Å². The molecule has 0 radical (unpaired) electrons. The van der Waals surface area contributed by atoms with E-state index in [-0.39, 0.29) is 6.04 Å². The van der Waals surface area contributed by atoms with E-state index in [1.165, 1.54) is 0 Å². The van der Waals surface area contributed by atoms with Crippen molar-refractivity contribution in [1.82, 2.24) is 20.1 Å². The molecule has 3 heterocycles. The van der Waals surface area contributed by atoms with Crippen molar-refractivity contribution >= 4 is 10.8 Å². The summed E-state index contributed by atoms with van der Waals surface area (Å²) in [6.07, 6.45) is 3.78. The molecule has 2 aromatic carbocycles. The van der Waals surface area contributed by atoms with Crippen molar-refractivity contribution in [3.8, 4) is 28.8 Å². The summed E-state index contributed by atoms with van der Waals surface area (Å²) >= 11 is 0. The molecular weight excluding hydrogens is 420 g/mol. The number of ether oxygens (including phenoxy) is 3. The molecule has 5 rings (SSSR count). The number of methoxy groups -OCH3 is 3. The summed E-state index contributed by atoms with van der Waals surface area (Å²) in [5, 5.41) is 10.8. The molecule has 1 fully saturated rings. The van der Waals surface area contributed by atoms with Gasteiger partial charge in [-0.3, -0.25) is 9.88 Å². The first kappa shape index (κ1) is 21.2. The molecule has 1 unspecified atom stereocenters. The summed E-state index contributed by atoms with van der Waals surface area (Å²) in [7, 11) is 4.86. The molecule has 0 spiro atoms. The van der Waals surface area contributed by atoms with E-state index >= 15 is 0 Å². The van der Waals surface area contributed by atoms with Gasteiger partial charge in [-0.2, -0.15) is 0 Å². The molecule has 1 atom stereocenters. The Balaban J connectivity index is 1.42. The molecule has 2 aromatic heterocycles. The summed E-state index contributed by atoms with van der Waals surface area (Å²) in [5.74, 6) is 2.94. The molecule has 33 heavy (non-hydrogen) atoms. The van der Waals surface area contributed by atoms with Crippen LogP contribution >= 0.6 is 0 Å². The molecule has 0 N–H and O–H groups in total. The number of hydrogen-bond acceptors (Lipinski definition) is 8. The maximum atomic E-state index is 6.16. The topological polar surface area (TPSA) is 82.7 Å². The molecular formula is C25H26N4O4. The van der Waals surface area contributed by atoms with E-state index < -0.39 is 0 Å². The number of benzene rings is 2. The maximum Gasteiger partial charge on any atom is 0.266 e. The fourth-order valence-corrected chi connectivity index (χ4v) is 4.51. The van der Waals surface area contributed by atoms with Gasteiger partial charge in [-0.1, -0.05) is 24.3 Å². The van der Waals surface area contributed by atoms with Gasteiger partial charge >= 0.3 is 0 Å². The van der Waals surface area contributed by atoms with E-state index in [0.29, 0.717) is 41.3 Å². The van der Waals surface area contributed by atoms with Gasteiger partial charge in [-0.05, 0) is 48.5 Å². The fraction of sp³-hybridized carbons (Fsp3) is 0.320. The van der Waals surface area contributed by atoms with Gasteiger partial charge in [0.25, 0.3) is 5.89 Å². The van der Waals surface area contributed by atoms with Crippen LogP contribution in [-0.4, -0.2) is 48.0 Å². The van der Waals surface area contributed by atoms with E-state index in [0.717, 1.165) is 35.7 Å². The van der Waals surface area contributed by atoms with Crippen LogP contribution in [-0.2, 0) is 6.54 Å². The smallest absolute Gasteiger partial charge is 0.266 e. The first-order chi connectivity index (χ1) is 16.2. The number of fused-ring (bicyclic) bond motifs is 1. The highest BCUT2D eigenvalue weighted by Gasteiger charge is 2.31. The maximum absolute atomic E-state index is 6.16. The number of hydrogen-bond donors (Lipinski definition) is 0. The number of nitrogens with zero attached hydrogens (tertiary/aromatic N) is 4. The Morgan fingerprint density at radius 2 is 1.79 bits per heavy atom. The van der Waals surface area contributed by atoms with E-state index in [2.05, 4.69) is 20.1 Å². The molecule has 4 aromatic rings. The molecule has 0 amide bonds. The normalized spacial score (nSPS) is 16.3. The Bertz CT molecular complexity index is 1240. The third-order valence-electron chi connectivity index (χ3n) is 6.08. The van der Waals surface area contributed by atoms with Crippen LogP contribution in [0.3, 0.4) is 0 Å². The quantitative estimate of drug-likeness (QED) is 0.406. The molecule has 1 aliphatic heterocycles. The number of rotatable bonds is 7. The van der Waals surface area contributed by atoms with Gasteiger partial charge < -0.3 is 18.6 Å². The molecule has 1 aliphatic rings. The molecule has 170 valence electrons. The van der Waals surface area contributed by atoms with Crippen molar-refractivity contribution in [1.29, 1.82) is 0 Å². The summed E-state index contributed by atoms with van der Waals surface area (Å²) < 4.78 is 22.6. The van der Waals surface area contributed by atoms with Crippen molar-refractivity contribution < 1.29 is 18.6 Å². The summed E-state index contributed by atoms with van der Waals surface area (Å²) in [6, 6.07) is 14.0. The average molecular weight is 447 g/mol. The molecule has 0 saturated carbocycles. The predicted octanol–water partition coefficient (Wildman–Crippen LogP) is 4.65. The van der Waals surface area contributed by atoms with Crippen molar-refractivity contribution in [2.75, 3.05) is 27.9 Å². The Morgan fingerprint density at radius 3 is 2.55 bits per heavy atom. The molecule has 0 bridgehead atoms. The Labute approximate surface area is 192 Å². The first-order valence-electron chi connectivity index (χ1n) is 10.9. The lowest BCUT2D eigenvalue weighted by Gasteiger charge is -2.22. The van der Waals surface area contributed by atoms with Crippen LogP contribution in [0.4, 0.5) is 0 Å². The molecule has 1 saturated heterocycles. The molecule has 8 heteroatoms. The van der Waals surface area contributed by atoms with Crippen LogP contribution in [0.2, 0.25) is 0 Å². The average Bonchev–Trinajstić information content (AvgIpc) is 3.52. The molecule has 8 nitrogen and oxygen atoms in total. The Morgan fingerprint density at radius 1 is 1.00 bits per heavy atom. The second kappa shape index (κ2) is 9.07. The first-order valence-corrected chi connectivity index (χ1v) is 10.9. The third-order valence-corrected chi connectivity index (χ3v) is 6.08. The minimum atomic E-state index is 0.0420. The van der Waals surface area contributed by atoms with Crippen LogP contribution in [0.25, 0.3) is 22.4 Å².